The molecule has 14 heavy (non-hydrogen) atoms. The van der Waals surface area contributed by atoms with Crippen LogP contribution in [0.25, 0.3) is 0 Å². The lowest BCUT2D eigenvalue weighted by atomic mass is 10.2. The molecule has 1 aromatic rings. The van der Waals surface area contributed by atoms with Crippen LogP contribution in [0.5, 0.6) is 0 Å². The van der Waals surface area contributed by atoms with E-state index in [0.29, 0.717) is 0 Å². The van der Waals surface area contributed by atoms with Gasteiger partial charge in [-0.05, 0) is 31.3 Å². The predicted molar refractivity (Wildman–Crippen MR) is 63.1 cm³/mol. The quantitative estimate of drug-likeness (QED) is 0.541. The second-order valence-electron chi connectivity index (χ2n) is 3.63. The maximum absolute atomic E-state index is 5.80. The van der Waals surface area contributed by atoms with Crippen molar-refractivity contribution in [3.05, 3.63) is 29.8 Å². The van der Waals surface area contributed by atoms with Gasteiger partial charge < -0.3 is 4.43 Å². The lowest BCUT2D eigenvalue weighted by Crippen LogP contribution is -2.46. The van der Waals surface area contributed by atoms with E-state index in [1.54, 1.807) is 0 Å². The number of hydrogen-bond donors (Lipinski definition) is 0. The van der Waals surface area contributed by atoms with E-state index in [1.807, 2.05) is 25.1 Å². The van der Waals surface area contributed by atoms with E-state index in [2.05, 4.69) is 25.1 Å². The van der Waals surface area contributed by atoms with Gasteiger partial charge in [0.2, 0.25) is 8.32 Å². The molecule has 0 unspecified atom stereocenters. The molecule has 1 rings (SSSR count). The van der Waals surface area contributed by atoms with Crippen molar-refractivity contribution in [1.29, 1.82) is 0 Å². The SMILES string of the molecule is C#Cc1ccccc1[Si](C)(C)OCC. The van der Waals surface area contributed by atoms with Crippen LogP contribution in [0.4, 0.5) is 0 Å². The molecule has 1 nitrogen and oxygen atoms in total. The van der Waals surface area contributed by atoms with Gasteiger partial charge in [-0.15, -0.1) is 6.42 Å². The van der Waals surface area contributed by atoms with E-state index in [-0.39, 0.29) is 0 Å². The lowest BCUT2D eigenvalue weighted by molar-refractivity contribution is 0.339. The fourth-order valence-corrected chi connectivity index (χ4v) is 3.75. The molecule has 0 aliphatic carbocycles. The molecule has 0 saturated heterocycles. The molecular weight excluding hydrogens is 188 g/mol. The highest BCUT2D eigenvalue weighted by Gasteiger charge is 2.26. The van der Waals surface area contributed by atoms with Crippen molar-refractivity contribution in [2.45, 2.75) is 20.0 Å². The van der Waals surface area contributed by atoms with E-state index < -0.39 is 8.32 Å². The van der Waals surface area contributed by atoms with Gasteiger partial charge in [0.15, 0.2) is 0 Å². The van der Waals surface area contributed by atoms with Gasteiger partial charge in [-0.3, -0.25) is 0 Å². The minimum absolute atomic E-state index is 0.748. The molecule has 0 amide bonds. The fourth-order valence-electron chi connectivity index (χ4n) is 1.57. The molecule has 74 valence electrons. The van der Waals surface area contributed by atoms with Crippen LogP contribution < -0.4 is 5.19 Å². The van der Waals surface area contributed by atoms with Crippen LogP contribution >= 0.6 is 0 Å². The molecule has 0 aliphatic heterocycles. The second kappa shape index (κ2) is 4.45. The molecule has 0 spiro atoms. The largest absolute Gasteiger partial charge is 0.413 e. The summed E-state index contributed by atoms with van der Waals surface area (Å²) in [6.07, 6.45) is 5.46. The first kappa shape index (κ1) is 11.0. The first-order valence-corrected chi connectivity index (χ1v) is 7.72. The van der Waals surface area contributed by atoms with Crippen LogP contribution in [0, 0.1) is 12.3 Å². The molecule has 0 atom stereocenters. The lowest BCUT2D eigenvalue weighted by Gasteiger charge is -2.23. The van der Waals surface area contributed by atoms with Crippen molar-refractivity contribution in [1.82, 2.24) is 0 Å². The zero-order chi connectivity index (χ0) is 10.6. The zero-order valence-corrected chi connectivity index (χ0v) is 10.0. The Labute approximate surface area is 87.2 Å². The summed E-state index contributed by atoms with van der Waals surface area (Å²) in [5.74, 6) is 2.71. The minimum Gasteiger partial charge on any atom is -0.413 e. The Balaban J connectivity index is 3.12. The predicted octanol–water partition coefficient (Wildman–Crippen LogP) is 2.12. The Morgan fingerprint density at radius 1 is 1.36 bits per heavy atom. The first-order valence-electron chi connectivity index (χ1n) is 4.82. The summed E-state index contributed by atoms with van der Waals surface area (Å²) in [6.45, 7) is 7.12. The third-order valence-electron chi connectivity index (χ3n) is 2.24. The van der Waals surface area contributed by atoms with E-state index >= 15 is 0 Å². The zero-order valence-electron chi connectivity index (χ0n) is 9.00. The molecule has 0 radical (unpaired) electrons. The molecule has 0 aliphatic rings. The van der Waals surface area contributed by atoms with Crippen molar-refractivity contribution in [2.75, 3.05) is 6.61 Å². The van der Waals surface area contributed by atoms with Crippen LogP contribution in [0.2, 0.25) is 13.1 Å². The van der Waals surface area contributed by atoms with Crippen molar-refractivity contribution < 1.29 is 4.43 Å². The monoisotopic (exact) mass is 204 g/mol. The first-order chi connectivity index (χ1) is 6.61. The Kier molecular flexibility index (Phi) is 3.51. The van der Waals surface area contributed by atoms with E-state index in [1.165, 1.54) is 5.19 Å². The van der Waals surface area contributed by atoms with Crippen LogP contribution in [0.15, 0.2) is 24.3 Å². The topological polar surface area (TPSA) is 9.23 Å². The summed E-state index contributed by atoms with van der Waals surface area (Å²) in [5, 5.41) is 1.21. The summed E-state index contributed by atoms with van der Waals surface area (Å²) in [5.41, 5.74) is 0.970. The maximum Gasteiger partial charge on any atom is 0.219 e. The Morgan fingerprint density at radius 2 is 2.00 bits per heavy atom. The molecule has 0 saturated carbocycles. The Hall–Kier alpha value is -1.04. The summed E-state index contributed by atoms with van der Waals surface area (Å²) in [6, 6.07) is 8.04. The van der Waals surface area contributed by atoms with Crippen LogP contribution in [0.1, 0.15) is 12.5 Å². The van der Waals surface area contributed by atoms with Gasteiger partial charge in [-0.2, -0.15) is 0 Å². The van der Waals surface area contributed by atoms with E-state index in [9.17, 15) is 0 Å². The van der Waals surface area contributed by atoms with Crippen molar-refractivity contribution in [2.24, 2.45) is 0 Å². The highest BCUT2D eigenvalue weighted by molar-refractivity contribution is 6.84. The molecule has 0 fully saturated rings. The molecule has 0 aromatic heterocycles. The summed E-state index contributed by atoms with van der Waals surface area (Å²) >= 11 is 0. The van der Waals surface area contributed by atoms with Gasteiger partial charge in [0.05, 0.1) is 0 Å². The number of benzene rings is 1. The van der Waals surface area contributed by atoms with Crippen LogP contribution in [-0.2, 0) is 4.43 Å². The standard InChI is InChI=1S/C12H16OSi/c1-5-11-9-7-8-10-12(11)14(3,4)13-6-2/h1,7-10H,6H2,2-4H3. The Bertz CT molecular complexity index is 350. The number of terminal acetylenes is 1. The maximum atomic E-state index is 5.80. The summed E-state index contributed by atoms with van der Waals surface area (Å²) in [7, 11) is -1.79. The van der Waals surface area contributed by atoms with Gasteiger partial charge in [0, 0.05) is 12.2 Å². The molecule has 2 heteroatoms. The molecular formula is C12H16OSi. The smallest absolute Gasteiger partial charge is 0.219 e. The van der Waals surface area contributed by atoms with Gasteiger partial charge in [0.25, 0.3) is 0 Å². The highest BCUT2D eigenvalue weighted by atomic mass is 28.4. The molecule has 0 bridgehead atoms. The van der Waals surface area contributed by atoms with Crippen molar-refractivity contribution >= 4 is 13.5 Å². The molecule has 0 heterocycles. The van der Waals surface area contributed by atoms with Crippen molar-refractivity contribution in [3.63, 3.8) is 0 Å². The average molecular weight is 204 g/mol. The molecule has 1 aromatic carbocycles. The normalized spacial score (nSPS) is 11.0. The number of rotatable bonds is 3. The fraction of sp³-hybridized carbons (Fsp3) is 0.333. The third kappa shape index (κ3) is 2.25. The van der Waals surface area contributed by atoms with Crippen molar-refractivity contribution in [3.8, 4) is 12.3 Å². The second-order valence-corrected chi connectivity index (χ2v) is 7.48. The minimum atomic E-state index is -1.79. The molecule has 0 N–H and O–H groups in total. The number of hydrogen-bond acceptors (Lipinski definition) is 1. The average Bonchev–Trinajstić information content (AvgIpc) is 2.18. The van der Waals surface area contributed by atoms with Gasteiger partial charge in [-0.25, -0.2) is 0 Å². The highest BCUT2D eigenvalue weighted by Crippen LogP contribution is 2.08. The van der Waals surface area contributed by atoms with Gasteiger partial charge in [0.1, 0.15) is 0 Å². The van der Waals surface area contributed by atoms with E-state index in [0.717, 1.165) is 12.2 Å². The Morgan fingerprint density at radius 3 is 2.57 bits per heavy atom. The van der Waals surface area contributed by atoms with Gasteiger partial charge >= 0.3 is 0 Å². The van der Waals surface area contributed by atoms with Crippen LogP contribution in [0.3, 0.4) is 0 Å². The van der Waals surface area contributed by atoms with Crippen LogP contribution in [-0.4, -0.2) is 14.9 Å². The summed E-state index contributed by atoms with van der Waals surface area (Å²) < 4.78 is 5.80. The third-order valence-corrected chi connectivity index (χ3v) is 4.98. The summed E-state index contributed by atoms with van der Waals surface area (Å²) in [4.78, 5) is 0. The van der Waals surface area contributed by atoms with E-state index in [4.69, 9.17) is 10.8 Å². The van der Waals surface area contributed by atoms with Gasteiger partial charge in [-0.1, -0.05) is 24.1 Å².